The summed E-state index contributed by atoms with van der Waals surface area (Å²) in [7, 11) is 0. The first kappa shape index (κ1) is 13.1. The maximum atomic E-state index is 11.8. The van der Waals surface area contributed by atoms with Crippen LogP contribution in [0.4, 0.5) is 0 Å². The average molecular weight is 250 g/mol. The van der Waals surface area contributed by atoms with Crippen molar-refractivity contribution in [1.29, 1.82) is 0 Å². The van der Waals surface area contributed by atoms with Gasteiger partial charge in [0.15, 0.2) is 0 Å². The first-order chi connectivity index (χ1) is 8.84. The highest BCUT2D eigenvalue weighted by Gasteiger charge is 2.11. The van der Waals surface area contributed by atoms with Crippen molar-refractivity contribution in [3.63, 3.8) is 0 Å². The molecule has 1 amide bonds. The van der Waals surface area contributed by atoms with Gasteiger partial charge in [0.05, 0.1) is 6.54 Å². The zero-order chi connectivity index (χ0) is 12.6. The predicted octanol–water partition coefficient (Wildman–Crippen LogP) is -0.100. The third-order valence-electron chi connectivity index (χ3n) is 3.16. The molecule has 5 nitrogen and oxygen atoms in total. The smallest absolute Gasteiger partial charge is 0.234 e. The van der Waals surface area contributed by atoms with Crippen LogP contribution in [0.1, 0.15) is 6.42 Å². The van der Waals surface area contributed by atoms with Gasteiger partial charge >= 0.3 is 0 Å². The van der Waals surface area contributed by atoms with E-state index in [9.17, 15) is 4.79 Å². The molecule has 1 aromatic heterocycles. The number of nitrogens with zero attached hydrogens (tertiary/aromatic N) is 2. The quantitative estimate of drug-likeness (QED) is 0.767. The van der Waals surface area contributed by atoms with Crippen molar-refractivity contribution in [1.82, 2.24) is 20.1 Å². The van der Waals surface area contributed by atoms with Crippen LogP contribution in [0.3, 0.4) is 0 Å². The Hall–Kier alpha value is -1.33. The summed E-state index contributed by atoms with van der Waals surface area (Å²) in [5, 5.41) is 6.30. The van der Waals surface area contributed by atoms with Gasteiger partial charge in [0.1, 0.15) is 0 Å². The van der Waals surface area contributed by atoms with Crippen LogP contribution in [-0.4, -0.2) is 54.6 Å². The lowest BCUT2D eigenvalue weighted by Crippen LogP contribution is -2.39. The van der Waals surface area contributed by atoms with E-state index in [1.807, 2.05) is 24.5 Å². The van der Waals surface area contributed by atoms with E-state index in [4.69, 9.17) is 0 Å². The normalized spacial score (nSPS) is 17.3. The molecular weight excluding hydrogens is 228 g/mol. The lowest BCUT2D eigenvalue weighted by Gasteiger charge is -2.18. The Morgan fingerprint density at radius 3 is 2.89 bits per heavy atom. The first-order valence-corrected chi connectivity index (χ1v) is 6.65. The number of rotatable bonds is 5. The van der Waals surface area contributed by atoms with Crippen molar-refractivity contribution in [2.24, 2.45) is 0 Å². The number of amides is 1. The van der Waals surface area contributed by atoms with Gasteiger partial charge in [-0.3, -0.25) is 9.69 Å². The predicted molar refractivity (Wildman–Crippen MR) is 71.4 cm³/mol. The van der Waals surface area contributed by atoms with Gasteiger partial charge in [-0.25, -0.2) is 0 Å². The molecule has 0 radical (unpaired) electrons. The highest BCUT2D eigenvalue weighted by molar-refractivity contribution is 5.77. The topological polar surface area (TPSA) is 49.3 Å². The standard InChI is InChI=1S/C13H22N4O/c18-13(12-17-9-3-4-14-5-10-17)15-6-11-16-7-1-2-8-16/h1-2,7-8,14H,3-6,9-12H2,(H,15,18). The van der Waals surface area contributed by atoms with E-state index in [0.29, 0.717) is 13.1 Å². The van der Waals surface area contributed by atoms with Crippen LogP contribution in [0, 0.1) is 0 Å². The summed E-state index contributed by atoms with van der Waals surface area (Å²) in [4.78, 5) is 14.0. The van der Waals surface area contributed by atoms with Gasteiger partial charge in [-0.1, -0.05) is 0 Å². The summed E-state index contributed by atoms with van der Waals surface area (Å²) in [5.74, 6) is 0.129. The van der Waals surface area contributed by atoms with Crippen LogP contribution in [0.2, 0.25) is 0 Å². The van der Waals surface area contributed by atoms with Gasteiger partial charge in [-0.15, -0.1) is 0 Å². The van der Waals surface area contributed by atoms with Gasteiger partial charge in [-0.05, 0) is 31.6 Å². The van der Waals surface area contributed by atoms with Crippen molar-refractivity contribution in [3.8, 4) is 0 Å². The van der Waals surface area contributed by atoms with Crippen molar-refractivity contribution >= 4 is 5.91 Å². The molecule has 2 heterocycles. The molecule has 0 aromatic carbocycles. The highest BCUT2D eigenvalue weighted by Crippen LogP contribution is 1.94. The minimum Gasteiger partial charge on any atom is -0.353 e. The molecule has 1 aromatic rings. The number of hydrogen-bond donors (Lipinski definition) is 2. The molecule has 0 aliphatic carbocycles. The summed E-state index contributed by atoms with van der Waals surface area (Å²) >= 11 is 0. The minimum atomic E-state index is 0.129. The summed E-state index contributed by atoms with van der Waals surface area (Å²) < 4.78 is 2.07. The number of nitrogens with one attached hydrogen (secondary N) is 2. The van der Waals surface area contributed by atoms with E-state index in [0.717, 1.165) is 39.1 Å². The zero-order valence-corrected chi connectivity index (χ0v) is 10.8. The molecule has 1 aliphatic rings. The molecule has 0 saturated carbocycles. The van der Waals surface area contributed by atoms with Gasteiger partial charge in [0, 0.05) is 38.6 Å². The zero-order valence-electron chi connectivity index (χ0n) is 10.8. The van der Waals surface area contributed by atoms with Crippen LogP contribution in [0.5, 0.6) is 0 Å². The molecule has 1 aliphatic heterocycles. The highest BCUT2D eigenvalue weighted by atomic mass is 16.2. The van der Waals surface area contributed by atoms with Crippen molar-refractivity contribution in [3.05, 3.63) is 24.5 Å². The van der Waals surface area contributed by atoms with Crippen LogP contribution < -0.4 is 10.6 Å². The fourth-order valence-electron chi connectivity index (χ4n) is 2.16. The molecule has 0 spiro atoms. The Labute approximate surface area is 108 Å². The van der Waals surface area contributed by atoms with Crippen molar-refractivity contribution in [2.75, 3.05) is 39.3 Å². The number of carbonyl (C=O) groups is 1. The molecule has 2 N–H and O–H groups in total. The molecule has 5 heteroatoms. The van der Waals surface area contributed by atoms with Crippen molar-refractivity contribution in [2.45, 2.75) is 13.0 Å². The van der Waals surface area contributed by atoms with E-state index >= 15 is 0 Å². The van der Waals surface area contributed by atoms with Gasteiger partial charge in [0.25, 0.3) is 0 Å². The third kappa shape index (κ3) is 4.50. The third-order valence-corrected chi connectivity index (χ3v) is 3.16. The number of carbonyl (C=O) groups excluding carboxylic acids is 1. The van der Waals surface area contributed by atoms with E-state index in [1.54, 1.807) is 0 Å². The summed E-state index contributed by atoms with van der Waals surface area (Å²) in [6.07, 6.45) is 5.13. The van der Waals surface area contributed by atoms with Crippen LogP contribution >= 0.6 is 0 Å². The molecule has 100 valence electrons. The Bertz CT molecular complexity index is 342. The maximum Gasteiger partial charge on any atom is 0.234 e. The molecule has 1 fully saturated rings. The van der Waals surface area contributed by atoms with Crippen LogP contribution in [0.25, 0.3) is 0 Å². The Morgan fingerprint density at radius 1 is 1.22 bits per heavy atom. The van der Waals surface area contributed by atoms with Gasteiger partial charge in [-0.2, -0.15) is 0 Å². The molecule has 0 bridgehead atoms. The molecule has 18 heavy (non-hydrogen) atoms. The molecular formula is C13H22N4O. The number of hydrogen-bond acceptors (Lipinski definition) is 3. The lowest BCUT2D eigenvalue weighted by atomic mass is 10.4. The van der Waals surface area contributed by atoms with Crippen molar-refractivity contribution < 1.29 is 4.79 Å². The molecule has 0 unspecified atom stereocenters. The Kier molecular flexibility index (Phi) is 5.23. The largest absolute Gasteiger partial charge is 0.353 e. The number of aromatic nitrogens is 1. The second-order valence-corrected chi connectivity index (χ2v) is 4.65. The van der Waals surface area contributed by atoms with Crippen LogP contribution in [-0.2, 0) is 11.3 Å². The summed E-state index contributed by atoms with van der Waals surface area (Å²) in [6, 6.07) is 3.98. The maximum absolute atomic E-state index is 11.8. The van der Waals surface area contributed by atoms with Gasteiger partial charge in [0.2, 0.25) is 5.91 Å². The minimum absolute atomic E-state index is 0.129. The second-order valence-electron chi connectivity index (χ2n) is 4.65. The first-order valence-electron chi connectivity index (χ1n) is 6.65. The van der Waals surface area contributed by atoms with Crippen LogP contribution in [0.15, 0.2) is 24.5 Å². The summed E-state index contributed by atoms with van der Waals surface area (Å²) in [5.41, 5.74) is 0. The van der Waals surface area contributed by atoms with Gasteiger partial charge < -0.3 is 15.2 Å². The molecule has 0 atom stereocenters. The fraction of sp³-hybridized carbons (Fsp3) is 0.615. The fourth-order valence-corrected chi connectivity index (χ4v) is 2.16. The molecule has 2 rings (SSSR count). The van der Waals surface area contributed by atoms with E-state index in [1.165, 1.54) is 0 Å². The van der Waals surface area contributed by atoms with E-state index in [-0.39, 0.29) is 5.91 Å². The average Bonchev–Trinajstić information content (AvgIpc) is 2.74. The van der Waals surface area contributed by atoms with E-state index in [2.05, 4.69) is 20.1 Å². The molecule has 1 saturated heterocycles. The lowest BCUT2D eigenvalue weighted by molar-refractivity contribution is -0.122. The monoisotopic (exact) mass is 250 g/mol. The SMILES string of the molecule is O=C(CN1CCCNCC1)NCCn1cccc1. The van der Waals surface area contributed by atoms with E-state index < -0.39 is 0 Å². The Balaban J connectivity index is 1.62. The second kappa shape index (κ2) is 7.18. The Morgan fingerprint density at radius 2 is 2.06 bits per heavy atom. The summed E-state index contributed by atoms with van der Waals surface area (Å²) in [6.45, 7) is 6.07.